The maximum absolute atomic E-state index is 5.53. The lowest BCUT2D eigenvalue weighted by atomic mass is 10.2. The van der Waals surface area contributed by atoms with Crippen molar-refractivity contribution in [1.29, 1.82) is 0 Å². The van der Waals surface area contributed by atoms with Gasteiger partial charge in [-0.2, -0.15) is 0 Å². The fourth-order valence-electron chi connectivity index (χ4n) is 3.27. The number of rotatable bonds is 6. The Morgan fingerprint density at radius 1 is 1.04 bits per heavy atom. The number of nitrogens with one attached hydrogen (secondary N) is 2. The van der Waals surface area contributed by atoms with Gasteiger partial charge in [-0.05, 0) is 44.5 Å². The lowest BCUT2D eigenvalue weighted by molar-refractivity contribution is 0.122. The van der Waals surface area contributed by atoms with Gasteiger partial charge >= 0.3 is 0 Å². The minimum atomic E-state index is 0.658. The van der Waals surface area contributed by atoms with E-state index in [4.69, 9.17) is 21.7 Å². The molecule has 1 aromatic rings. The molecule has 7 nitrogen and oxygen atoms in total. The Morgan fingerprint density at radius 2 is 1.67 bits per heavy atom. The van der Waals surface area contributed by atoms with E-state index >= 15 is 0 Å². The van der Waals surface area contributed by atoms with Crippen molar-refractivity contribution in [2.75, 3.05) is 94.9 Å². The summed E-state index contributed by atoms with van der Waals surface area (Å²) >= 11 is 5.50. The summed E-state index contributed by atoms with van der Waals surface area (Å²) in [5, 5.41) is 7.32. The molecule has 0 radical (unpaired) electrons. The molecule has 2 aliphatic rings. The minimum Gasteiger partial charge on any atom is -0.378 e. The third kappa shape index (κ3) is 5.93. The summed E-state index contributed by atoms with van der Waals surface area (Å²) in [7, 11) is 4.11. The van der Waals surface area contributed by atoms with Crippen LogP contribution in [0.2, 0.25) is 0 Å². The third-order valence-corrected chi connectivity index (χ3v) is 5.05. The fraction of sp³-hybridized carbons (Fsp3) is 0.632. The molecule has 0 spiro atoms. The normalized spacial score (nSPS) is 17.9. The number of anilines is 3. The van der Waals surface area contributed by atoms with Crippen LogP contribution in [0.1, 0.15) is 0 Å². The molecule has 0 atom stereocenters. The Bertz CT molecular complexity index is 616. The molecule has 2 aliphatic heterocycles. The van der Waals surface area contributed by atoms with Gasteiger partial charge in [-0.3, -0.25) is 0 Å². The van der Waals surface area contributed by atoms with Gasteiger partial charge in [0.2, 0.25) is 0 Å². The summed E-state index contributed by atoms with van der Waals surface area (Å²) in [4.78, 5) is 6.88. The highest BCUT2D eigenvalue weighted by Crippen LogP contribution is 2.32. The van der Waals surface area contributed by atoms with Gasteiger partial charge in [0.15, 0.2) is 5.11 Å². The van der Waals surface area contributed by atoms with Crippen molar-refractivity contribution in [1.82, 2.24) is 10.2 Å². The van der Waals surface area contributed by atoms with Gasteiger partial charge in [-0.15, -0.1) is 0 Å². The van der Waals surface area contributed by atoms with Crippen LogP contribution in [-0.4, -0.2) is 89.8 Å². The highest BCUT2D eigenvalue weighted by atomic mass is 32.1. The average molecular weight is 394 g/mol. The van der Waals surface area contributed by atoms with Crippen molar-refractivity contribution >= 4 is 34.4 Å². The number of benzene rings is 1. The fourth-order valence-corrected chi connectivity index (χ4v) is 3.48. The van der Waals surface area contributed by atoms with Gasteiger partial charge in [-0.25, -0.2) is 0 Å². The summed E-state index contributed by atoms with van der Waals surface area (Å²) in [6.45, 7) is 8.48. The number of hydrogen-bond donors (Lipinski definition) is 2. The highest BCUT2D eigenvalue weighted by Gasteiger charge is 2.19. The highest BCUT2D eigenvalue weighted by molar-refractivity contribution is 7.80. The van der Waals surface area contributed by atoms with Gasteiger partial charge in [-0.1, -0.05) is 0 Å². The summed E-state index contributed by atoms with van der Waals surface area (Å²) in [5.41, 5.74) is 3.45. The van der Waals surface area contributed by atoms with Gasteiger partial charge in [0.25, 0.3) is 0 Å². The van der Waals surface area contributed by atoms with Crippen molar-refractivity contribution < 1.29 is 9.47 Å². The lowest BCUT2D eigenvalue weighted by Gasteiger charge is -2.33. The zero-order valence-electron chi connectivity index (χ0n) is 16.4. The maximum atomic E-state index is 5.53. The van der Waals surface area contributed by atoms with Crippen LogP contribution in [0.15, 0.2) is 18.2 Å². The van der Waals surface area contributed by atoms with Crippen LogP contribution in [0, 0.1) is 0 Å². The molecule has 27 heavy (non-hydrogen) atoms. The monoisotopic (exact) mass is 393 g/mol. The average Bonchev–Trinajstić information content (AvgIpc) is 2.69. The van der Waals surface area contributed by atoms with E-state index < -0.39 is 0 Å². The molecule has 2 heterocycles. The first-order chi connectivity index (χ1) is 13.1. The molecule has 3 rings (SSSR count). The molecule has 2 saturated heterocycles. The number of hydrogen-bond acceptors (Lipinski definition) is 6. The van der Waals surface area contributed by atoms with E-state index in [9.17, 15) is 0 Å². The van der Waals surface area contributed by atoms with E-state index in [1.165, 1.54) is 11.4 Å². The molecular weight excluding hydrogens is 362 g/mol. The molecule has 0 aliphatic carbocycles. The number of morpholine rings is 2. The quantitative estimate of drug-likeness (QED) is 0.700. The number of likely N-dealkylation sites (N-methyl/N-ethyl adjacent to an activating group) is 1. The molecule has 150 valence electrons. The Kier molecular flexibility index (Phi) is 7.51. The zero-order valence-corrected chi connectivity index (χ0v) is 17.2. The molecule has 0 amide bonds. The van der Waals surface area contributed by atoms with Crippen molar-refractivity contribution in [3.8, 4) is 0 Å². The Balaban J connectivity index is 1.73. The second kappa shape index (κ2) is 10.1. The molecule has 0 aromatic heterocycles. The van der Waals surface area contributed by atoms with E-state index in [1.54, 1.807) is 0 Å². The first kappa shape index (κ1) is 20.1. The maximum Gasteiger partial charge on any atom is 0.170 e. The molecule has 2 N–H and O–H groups in total. The number of ether oxygens (including phenoxy) is 2. The first-order valence-corrected chi connectivity index (χ1v) is 10.0. The topological polar surface area (TPSA) is 52.2 Å². The molecule has 0 saturated carbocycles. The standard InChI is InChI=1S/C19H31N5O2S/c1-22(2)6-5-20-19(27)21-17-4-3-16(23-7-11-25-12-8-23)15-18(17)24-9-13-26-14-10-24/h3-4,15H,5-14H2,1-2H3,(H2,20,21,27). The Labute approximate surface area is 167 Å². The predicted octanol–water partition coefficient (Wildman–Crippen LogP) is 1.21. The first-order valence-electron chi connectivity index (χ1n) is 9.62. The Morgan fingerprint density at radius 3 is 2.30 bits per heavy atom. The summed E-state index contributed by atoms with van der Waals surface area (Å²) in [6.07, 6.45) is 0. The van der Waals surface area contributed by atoms with Crippen molar-refractivity contribution in [2.45, 2.75) is 0 Å². The summed E-state index contributed by atoms with van der Waals surface area (Å²) in [5.74, 6) is 0. The van der Waals surface area contributed by atoms with Crippen molar-refractivity contribution in [2.24, 2.45) is 0 Å². The largest absolute Gasteiger partial charge is 0.378 e. The molecule has 1 aromatic carbocycles. The number of nitrogens with zero attached hydrogens (tertiary/aromatic N) is 3. The van der Waals surface area contributed by atoms with E-state index in [0.717, 1.165) is 71.4 Å². The predicted molar refractivity (Wildman–Crippen MR) is 115 cm³/mol. The van der Waals surface area contributed by atoms with Crippen LogP contribution >= 0.6 is 12.2 Å². The van der Waals surface area contributed by atoms with E-state index in [1.807, 2.05) is 0 Å². The van der Waals surface area contributed by atoms with Crippen LogP contribution in [0.25, 0.3) is 0 Å². The van der Waals surface area contributed by atoms with Crippen LogP contribution in [0.5, 0.6) is 0 Å². The van der Waals surface area contributed by atoms with E-state index in [2.05, 4.69) is 57.6 Å². The van der Waals surface area contributed by atoms with Crippen LogP contribution in [0.4, 0.5) is 17.1 Å². The van der Waals surface area contributed by atoms with E-state index in [-0.39, 0.29) is 0 Å². The molecular formula is C19H31N5O2S. The SMILES string of the molecule is CN(C)CCNC(=S)Nc1ccc(N2CCOCC2)cc1N1CCOCC1. The van der Waals surface area contributed by atoms with E-state index in [0.29, 0.717) is 5.11 Å². The molecule has 0 unspecified atom stereocenters. The Hall–Kier alpha value is -1.61. The van der Waals surface area contributed by atoms with Crippen LogP contribution < -0.4 is 20.4 Å². The molecule has 2 fully saturated rings. The number of thiocarbonyl (C=S) groups is 1. The molecule has 8 heteroatoms. The molecule has 0 bridgehead atoms. The van der Waals surface area contributed by atoms with Crippen LogP contribution in [0.3, 0.4) is 0 Å². The van der Waals surface area contributed by atoms with Gasteiger partial charge in [0.05, 0.1) is 37.8 Å². The smallest absolute Gasteiger partial charge is 0.170 e. The van der Waals surface area contributed by atoms with Gasteiger partial charge in [0.1, 0.15) is 0 Å². The third-order valence-electron chi connectivity index (χ3n) is 4.80. The summed E-state index contributed by atoms with van der Waals surface area (Å²) in [6, 6.07) is 6.57. The van der Waals surface area contributed by atoms with Gasteiger partial charge < -0.3 is 34.8 Å². The minimum absolute atomic E-state index is 0.658. The van der Waals surface area contributed by atoms with Crippen molar-refractivity contribution in [3.63, 3.8) is 0 Å². The van der Waals surface area contributed by atoms with Crippen LogP contribution in [-0.2, 0) is 9.47 Å². The summed E-state index contributed by atoms with van der Waals surface area (Å²) < 4.78 is 11.0. The van der Waals surface area contributed by atoms with Gasteiger partial charge in [0, 0.05) is 45.0 Å². The van der Waals surface area contributed by atoms with Crippen molar-refractivity contribution in [3.05, 3.63) is 18.2 Å². The second-order valence-electron chi connectivity index (χ2n) is 7.08. The second-order valence-corrected chi connectivity index (χ2v) is 7.49. The lowest BCUT2D eigenvalue weighted by Crippen LogP contribution is -2.39. The zero-order chi connectivity index (χ0) is 19.1.